The molecule has 1 aromatic heterocycles. The van der Waals surface area contributed by atoms with Gasteiger partial charge in [0, 0.05) is 18.0 Å². The van der Waals surface area contributed by atoms with E-state index in [0.29, 0.717) is 6.61 Å². The Bertz CT molecular complexity index is 571. The highest BCUT2D eigenvalue weighted by atomic mass is 16.5. The maximum Gasteiger partial charge on any atom is 0.251 e. The number of benzene rings is 1. The van der Waals surface area contributed by atoms with Crippen molar-refractivity contribution in [1.29, 1.82) is 0 Å². The van der Waals surface area contributed by atoms with Crippen molar-refractivity contribution in [3.05, 3.63) is 40.7 Å². The van der Waals surface area contributed by atoms with Crippen molar-refractivity contribution in [2.75, 3.05) is 6.61 Å². The van der Waals surface area contributed by atoms with E-state index in [0.717, 1.165) is 29.6 Å². The van der Waals surface area contributed by atoms with Gasteiger partial charge in [-0.05, 0) is 18.6 Å². The van der Waals surface area contributed by atoms with Crippen LogP contribution in [-0.2, 0) is 6.54 Å². The average Bonchev–Trinajstić information content (AvgIpc) is 2.48. The van der Waals surface area contributed by atoms with Gasteiger partial charge in [0.2, 0.25) is 0 Å². The molecule has 3 rings (SSSR count). The molecule has 76 valence electrons. The van der Waals surface area contributed by atoms with Crippen LogP contribution in [0.1, 0.15) is 6.42 Å². The lowest BCUT2D eigenvalue weighted by Gasteiger charge is -2.08. The molecule has 2 aromatic rings. The van der Waals surface area contributed by atoms with E-state index in [9.17, 15) is 4.79 Å². The number of nitrogens with zero attached hydrogens (tertiary/aromatic N) is 1. The fraction of sp³-hybridized carbons (Fsp3) is 0.250. The molecule has 1 aliphatic rings. The van der Waals surface area contributed by atoms with Gasteiger partial charge in [-0.1, -0.05) is 12.1 Å². The maximum absolute atomic E-state index is 11.7. The van der Waals surface area contributed by atoms with Crippen molar-refractivity contribution in [2.45, 2.75) is 13.0 Å². The van der Waals surface area contributed by atoms with Crippen LogP contribution in [0.5, 0.6) is 5.75 Å². The van der Waals surface area contributed by atoms with Crippen LogP contribution >= 0.6 is 0 Å². The molecule has 0 N–H and O–H groups in total. The minimum Gasteiger partial charge on any atom is -0.491 e. The molecule has 1 aliphatic heterocycles. The quantitative estimate of drug-likeness (QED) is 0.650. The van der Waals surface area contributed by atoms with Crippen LogP contribution in [0.25, 0.3) is 10.9 Å². The first-order valence-corrected chi connectivity index (χ1v) is 5.12. The minimum atomic E-state index is 0.0560. The van der Waals surface area contributed by atoms with E-state index in [1.165, 1.54) is 0 Å². The van der Waals surface area contributed by atoms with Gasteiger partial charge in [-0.15, -0.1) is 0 Å². The molecule has 3 heteroatoms. The van der Waals surface area contributed by atoms with Gasteiger partial charge in [-0.25, -0.2) is 0 Å². The molecule has 0 fully saturated rings. The van der Waals surface area contributed by atoms with E-state index >= 15 is 0 Å². The summed E-state index contributed by atoms with van der Waals surface area (Å²) in [5, 5.41) is 1.06. The second kappa shape index (κ2) is 3.12. The molecule has 0 spiro atoms. The maximum atomic E-state index is 11.7. The SMILES string of the molecule is O=c1ccc2cccc3c2n1CCCO3. The third kappa shape index (κ3) is 1.23. The Hall–Kier alpha value is -1.77. The van der Waals surface area contributed by atoms with E-state index in [1.54, 1.807) is 10.6 Å². The number of hydrogen-bond acceptors (Lipinski definition) is 2. The minimum absolute atomic E-state index is 0.0560. The molecule has 1 aromatic carbocycles. The number of aryl methyl sites for hydroxylation is 1. The molecule has 2 heterocycles. The molecule has 15 heavy (non-hydrogen) atoms. The third-order valence-corrected chi connectivity index (χ3v) is 2.76. The van der Waals surface area contributed by atoms with Gasteiger partial charge in [-0.3, -0.25) is 4.79 Å². The Kier molecular flexibility index (Phi) is 1.78. The van der Waals surface area contributed by atoms with E-state index in [2.05, 4.69) is 0 Å². The van der Waals surface area contributed by atoms with Crippen LogP contribution in [-0.4, -0.2) is 11.2 Å². The summed E-state index contributed by atoms with van der Waals surface area (Å²) in [7, 11) is 0. The van der Waals surface area contributed by atoms with Gasteiger partial charge >= 0.3 is 0 Å². The molecule has 0 saturated heterocycles. The van der Waals surface area contributed by atoms with Crippen LogP contribution in [0.3, 0.4) is 0 Å². The Labute approximate surface area is 86.9 Å². The van der Waals surface area contributed by atoms with Crippen molar-refractivity contribution >= 4 is 10.9 Å². The van der Waals surface area contributed by atoms with Gasteiger partial charge in [-0.2, -0.15) is 0 Å². The monoisotopic (exact) mass is 201 g/mol. The second-order valence-corrected chi connectivity index (χ2v) is 3.72. The summed E-state index contributed by atoms with van der Waals surface area (Å²) in [6, 6.07) is 9.36. The van der Waals surface area contributed by atoms with E-state index < -0.39 is 0 Å². The highest BCUT2D eigenvalue weighted by molar-refractivity contribution is 5.85. The van der Waals surface area contributed by atoms with Crippen LogP contribution in [0.2, 0.25) is 0 Å². The summed E-state index contributed by atoms with van der Waals surface area (Å²) in [5.41, 5.74) is 0.989. The average molecular weight is 201 g/mol. The third-order valence-electron chi connectivity index (χ3n) is 2.76. The second-order valence-electron chi connectivity index (χ2n) is 3.72. The molecule has 0 bridgehead atoms. The molecule has 0 atom stereocenters. The number of para-hydroxylation sites is 1. The van der Waals surface area contributed by atoms with Gasteiger partial charge in [0.1, 0.15) is 5.75 Å². The normalized spacial score (nSPS) is 14.7. The first kappa shape index (κ1) is 8.53. The molecular formula is C12H11NO2. The Morgan fingerprint density at radius 2 is 2.13 bits per heavy atom. The standard InChI is InChI=1S/C12H11NO2/c14-11-6-5-9-3-1-4-10-12(9)13(11)7-2-8-15-10/h1,3-6H,2,7-8H2. The molecule has 3 nitrogen and oxygen atoms in total. The number of hydrogen-bond donors (Lipinski definition) is 0. The zero-order valence-corrected chi connectivity index (χ0v) is 8.27. The van der Waals surface area contributed by atoms with Crippen LogP contribution in [0.4, 0.5) is 0 Å². The predicted molar refractivity (Wildman–Crippen MR) is 58.3 cm³/mol. The van der Waals surface area contributed by atoms with Crippen molar-refractivity contribution < 1.29 is 4.74 Å². The topological polar surface area (TPSA) is 31.2 Å². The van der Waals surface area contributed by atoms with Crippen molar-refractivity contribution in [3.63, 3.8) is 0 Å². The first-order valence-electron chi connectivity index (χ1n) is 5.12. The number of ether oxygens (including phenoxy) is 1. The van der Waals surface area contributed by atoms with Crippen LogP contribution in [0.15, 0.2) is 35.1 Å². The van der Waals surface area contributed by atoms with Gasteiger partial charge in [0.15, 0.2) is 0 Å². The van der Waals surface area contributed by atoms with Crippen molar-refractivity contribution in [1.82, 2.24) is 4.57 Å². The van der Waals surface area contributed by atoms with Crippen molar-refractivity contribution in [2.24, 2.45) is 0 Å². The number of aromatic nitrogens is 1. The van der Waals surface area contributed by atoms with E-state index in [4.69, 9.17) is 4.74 Å². The summed E-state index contributed by atoms with van der Waals surface area (Å²) >= 11 is 0. The summed E-state index contributed by atoms with van der Waals surface area (Å²) in [4.78, 5) is 11.7. The fourth-order valence-electron chi connectivity index (χ4n) is 2.07. The Balaban J connectivity index is 2.49. The summed E-state index contributed by atoms with van der Waals surface area (Å²) in [5.74, 6) is 0.822. The Morgan fingerprint density at radius 3 is 3.07 bits per heavy atom. The zero-order valence-electron chi connectivity index (χ0n) is 8.27. The number of rotatable bonds is 0. The smallest absolute Gasteiger partial charge is 0.251 e. The lowest BCUT2D eigenvalue weighted by atomic mass is 10.2. The van der Waals surface area contributed by atoms with Crippen LogP contribution < -0.4 is 10.3 Å². The van der Waals surface area contributed by atoms with Crippen LogP contribution in [0, 0.1) is 0 Å². The highest BCUT2D eigenvalue weighted by Gasteiger charge is 2.11. The van der Waals surface area contributed by atoms with Gasteiger partial charge in [0.05, 0.1) is 12.1 Å². The highest BCUT2D eigenvalue weighted by Crippen LogP contribution is 2.26. The lowest BCUT2D eigenvalue weighted by Crippen LogP contribution is -2.18. The van der Waals surface area contributed by atoms with Gasteiger partial charge < -0.3 is 9.30 Å². The molecular weight excluding hydrogens is 190 g/mol. The first-order chi connectivity index (χ1) is 7.36. The van der Waals surface area contributed by atoms with Gasteiger partial charge in [0.25, 0.3) is 5.56 Å². The molecule has 0 aliphatic carbocycles. The summed E-state index contributed by atoms with van der Waals surface area (Å²) in [6.07, 6.45) is 0.883. The van der Waals surface area contributed by atoms with E-state index in [1.807, 2.05) is 24.3 Å². The summed E-state index contributed by atoms with van der Waals surface area (Å²) in [6.45, 7) is 1.42. The predicted octanol–water partition coefficient (Wildman–Crippen LogP) is 1.78. The Morgan fingerprint density at radius 1 is 1.20 bits per heavy atom. The fourth-order valence-corrected chi connectivity index (χ4v) is 2.07. The number of pyridine rings is 1. The molecule has 0 unspecified atom stereocenters. The zero-order chi connectivity index (χ0) is 10.3. The largest absolute Gasteiger partial charge is 0.491 e. The van der Waals surface area contributed by atoms with Crippen molar-refractivity contribution in [3.8, 4) is 5.75 Å². The lowest BCUT2D eigenvalue weighted by molar-refractivity contribution is 0.315. The summed E-state index contributed by atoms with van der Waals surface area (Å²) < 4.78 is 7.42. The molecule has 0 radical (unpaired) electrons. The molecule has 0 saturated carbocycles. The molecule has 0 amide bonds. The van der Waals surface area contributed by atoms with E-state index in [-0.39, 0.29) is 5.56 Å².